The SMILES string of the molecule is [CH2-][n+]1ccc(C)cc1-c1c(C)cc(C(F)(F)F)cc1C(F)(F)F. The lowest BCUT2D eigenvalue weighted by molar-refractivity contribution is -0.600. The van der Waals surface area contributed by atoms with Crippen LogP contribution < -0.4 is 4.57 Å². The van der Waals surface area contributed by atoms with E-state index in [1.54, 1.807) is 13.0 Å². The van der Waals surface area contributed by atoms with Gasteiger partial charge in [0.15, 0.2) is 0 Å². The third-order valence-corrected chi connectivity index (χ3v) is 3.42. The van der Waals surface area contributed by atoms with Gasteiger partial charge in [0, 0.05) is 12.6 Å². The molecule has 1 aromatic heterocycles. The average molecular weight is 333 g/mol. The van der Waals surface area contributed by atoms with Crippen LogP contribution in [0, 0.1) is 20.9 Å². The van der Waals surface area contributed by atoms with Crippen LogP contribution in [0.5, 0.6) is 0 Å². The van der Waals surface area contributed by atoms with Gasteiger partial charge in [0.2, 0.25) is 0 Å². The van der Waals surface area contributed by atoms with Crippen molar-refractivity contribution >= 4 is 0 Å². The predicted octanol–water partition coefficient (Wildman–Crippen LogP) is 4.94. The quantitative estimate of drug-likeness (QED) is 0.396. The third-order valence-electron chi connectivity index (χ3n) is 3.42. The minimum atomic E-state index is -4.92. The number of aromatic nitrogens is 1. The molecule has 2 aromatic rings. The molecule has 0 amide bonds. The van der Waals surface area contributed by atoms with Gasteiger partial charge in [0.25, 0.3) is 0 Å². The molecule has 1 heterocycles. The van der Waals surface area contributed by atoms with Crippen LogP contribution in [0.4, 0.5) is 26.3 Å². The van der Waals surface area contributed by atoms with Gasteiger partial charge in [-0.3, -0.25) is 0 Å². The maximum absolute atomic E-state index is 13.3. The third kappa shape index (κ3) is 3.43. The first-order chi connectivity index (χ1) is 10.4. The summed E-state index contributed by atoms with van der Waals surface area (Å²) in [6.45, 7) is 2.90. The van der Waals surface area contributed by atoms with Gasteiger partial charge in [-0.15, -0.1) is 0 Å². The number of benzene rings is 1. The van der Waals surface area contributed by atoms with E-state index in [2.05, 4.69) is 7.05 Å². The number of pyridine rings is 1. The first kappa shape index (κ1) is 17.2. The molecule has 0 aliphatic heterocycles. The first-order valence-electron chi connectivity index (χ1n) is 6.54. The zero-order valence-corrected chi connectivity index (χ0v) is 12.3. The molecular weight excluding hydrogens is 320 g/mol. The zero-order valence-electron chi connectivity index (χ0n) is 12.3. The summed E-state index contributed by atoms with van der Waals surface area (Å²) in [5.74, 6) is 0. The van der Waals surface area contributed by atoms with Gasteiger partial charge >= 0.3 is 12.4 Å². The van der Waals surface area contributed by atoms with E-state index in [-0.39, 0.29) is 22.9 Å². The largest absolute Gasteiger partial charge is 0.416 e. The summed E-state index contributed by atoms with van der Waals surface area (Å²) in [6, 6.07) is 3.96. The Morgan fingerprint density at radius 3 is 2.04 bits per heavy atom. The highest BCUT2D eigenvalue weighted by atomic mass is 19.4. The molecule has 23 heavy (non-hydrogen) atoms. The van der Waals surface area contributed by atoms with Crippen LogP contribution in [0.25, 0.3) is 11.3 Å². The molecule has 1 nitrogen and oxygen atoms in total. The van der Waals surface area contributed by atoms with Crippen molar-refractivity contribution < 1.29 is 30.9 Å². The van der Waals surface area contributed by atoms with Crippen molar-refractivity contribution in [1.82, 2.24) is 0 Å². The highest BCUT2D eigenvalue weighted by Crippen LogP contribution is 2.42. The van der Waals surface area contributed by atoms with Crippen molar-refractivity contribution in [2.24, 2.45) is 0 Å². The molecule has 0 atom stereocenters. The highest BCUT2D eigenvalue weighted by molar-refractivity contribution is 5.68. The van der Waals surface area contributed by atoms with E-state index in [9.17, 15) is 26.3 Å². The van der Waals surface area contributed by atoms with E-state index >= 15 is 0 Å². The van der Waals surface area contributed by atoms with Crippen molar-refractivity contribution in [1.29, 1.82) is 0 Å². The van der Waals surface area contributed by atoms with Crippen LogP contribution in [0.3, 0.4) is 0 Å². The van der Waals surface area contributed by atoms with Gasteiger partial charge in [0.1, 0.15) is 5.69 Å². The Labute approximate surface area is 129 Å². The van der Waals surface area contributed by atoms with Gasteiger partial charge in [-0.1, -0.05) is 11.6 Å². The number of aryl methyl sites for hydroxylation is 2. The highest BCUT2D eigenvalue weighted by Gasteiger charge is 2.39. The second-order valence-electron chi connectivity index (χ2n) is 5.27. The second kappa shape index (κ2) is 5.47. The van der Waals surface area contributed by atoms with Crippen molar-refractivity contribution in [3.8, 4) is 11.3 Å². The van der Waals surface area contributed by atoms with Gasteiger partial charge < -0.3 is 4.57 Å². The number of hydrogen-bond donors (Lipinski definition) is 0. The number of rotatable bonds is 1. The fourth-order valence-electron chi connectivity index (χ4n) is 2.36. The molecule has 0 saturated heterocycles. The van der Waals surface area contributed by atoms with E-state index in [0.29, 0.717) is 11.6 Å². The average Bonchev–Trinajstić information content (AvgIpc) is 2.39. The van der Waals surface area contributed by atoms with Crippen LogP contribution in [-0.4, -0.2) is 0 Å². The number of hydrogen-bond acceptors (Lipinski definition) is 0. The van der Waals surface area contributed by atoms with Crippen molar-refractivity contribution in [2.45, 2.75) is 26.2 Å². The molecule has 0 saturated carbocycles. The predicted molar refractivity (Wildman–Crippen MR) is 72.3 cm³/mol. The summed E-state index contributed by atoms with van der Waals surface area (Å²) in [4.78, 5) is 0. The number of halogens is 6. The Hall–Kier alpha value is -2.18. The summed E-state index contributed by atoms with van der Waals surface area (Å²) in [5.41, 5.74) is -2.29. The Morgan fingerprint density at radius 1 is 0.913 bits per heavy atom. The molecule has 0 fully saturated rings. The molecular formula is C16H13F6N. The monoisotopic (exact) mass is 333 g/mol. The molecule has 0 bridgehead atoms. The summed E-state index contributed by atoms with van der Waals surface area (Å²) >= 11 is 0. The topological polar surface area (TPSA) is 3.88 Å². The Balaban J connectivity index is 2.85. The van der Waals surface area contributed by atoms with Gasteiger partial charge in [-0.05, 0) is 37.6 Å². The minimum Gasteiger partial charge on any atom is -0.333 e. The van der Waals surface area contributed by atoms with Crippen molar-refractivity contribution in [2.75, 3.05) is 0 Å². The van der Waals surface area contributed by atoms with E-state index in [1.165, 1.54) is 23.8 Å². The summed E-state index contributed by atoms with van der Waals surface area (Å²) in [5, 5.41) is 0. The second-order valence-corrected chi connectivity index (χ2v) is 5.27. The van der Waals surface area contributed by atoms with Gasteiger partial charge in [0.05, 0.1) is 17.3 Å². The maximum atomic E-state index is 13.3. The molecule has 2 rings (SSSR count). The summed E-state index contributed by atoms with van der Waals surface area (Å²) in [7, 11) is 3.60. The smallest absolute Gasteiger partial charge is 0.333 e. The van der Waals surface area contributed by atoms with Crippen LogP contribution in [0.2, 0.25) is 0 Å². The summed E-state index contributed by atoms with van der Waals surface area (Å²) in [6.07, 6.45) is -8.31. The fraction of sp³-hybridized carbons (Fsp3) is 0.250. The molecule has 0 aliphatic rings. The molecule has 124 valence electrons. The van der Waals surface area contributed by atoms with E-state index in [4.69, 9.17) is 0 Å². The van der Waals surface area contributed by atoms with Crippen LogP contribution in [0.15, 0.2) is 30.5 Å². The van der Waals surface area contributed by atoms with Crippen LogP contribution in [0.1, 0.15) is 22.3 Å². The lowest BCUT2D eigenvalue weighted by atomic mass is 9.94. The molecule has 0 radical (unpaired) electrons. The van der Waals surface area contributed by atoms with Crippen LogP contribution in [-0.2, 0) is 12.4 Å². The molecule has 0 aliphatic carbocycles. The Morgan fingerprint density at radius 2 is 1.52 bits per heavy atom. The molecule has 1 aromatic carbocycles. The Bertz CT molecular complexity index is 743. The minimum absolute atomic E-state index is 0.101. The maximum Gasteiger partial charge on any atom is 0.416 e. The number of nitrogens with zero attached hydrogens (tertiary/aromatic N) is 1. The van der Waals surface area contributed by atoms with Crippen molar-refractivity contribution in [3.05, 3.63) is 59.8 Å². The van der Waals surface area contributed by atoms with Gasteiger partial charge in [-0.2, -0.15) is 26.3 Å². The van der Waals surface area contributed by atoms with E-state index in [1.807, 2.05) is 0 Å². The lowest BCUT2D eigenvalue weighted by Crippen LogP contribution is -2.29. The van der Waals surface area contributed by atoms with Crippen molar-refractivity contribution in [3.63, 3.8) is 0 Å². The lowest BCUT2D eigenvalue weighted by Gasteiger charge is -2.20. The normalized spacial score (nSPS) is 12.5. The van der Waals surface area contributed by atoms with E-state index in [0.717, 1.165) is 0 Å². The molecule has 0 N–H and O–H groups in total. The van der Waals surface area contributed by atoms with Gasteiger partial charge in [-0.25, -0.2) is 0 Å². The molecule has 7 heteroatoms. The Kier molecular flexibility index (Phi) is 4.09. The standard InChI is InChI=1S/C16H13F6N/c1-9-4-5-23(3)13(6-9)14-10(2)7-11(15(17,18)19)8-12(14)16(20,21)22/h4-8H,3H2,1-2H3. The first-order valence-corrected chi connectivity index (χ1v) is 6.54. The fourth-order valence-corrected chi connectivity index (χ4v) is 2.36. The van der Waals surface area contributed by atoms with Crippen LogP contribution >= 0.6 is 0 Å². The number of alkyl halides is 6. The molecule has 0 spiro atoms. The molecule has 0 unspecified atom stereocenters. The van der Waals surface area contributed by atoms with E-state index < -0.39 is 23.5 Å². The zero-order chi connectivity index (χ0) is 17.6. The summed E-state index contributed by atoms with van der Waals surface area (Å²) < 4.78 is 79.6.